The van der Waals surface area contributed by atoms with Crippen molar-refractivity contribution < 1.29 is 4.92 Å². The van der Waals surface area contributed by atoms with E-state index in [4.69, 9.17) is 11.6 Å². The van der Waals surface area contributed by atoms with E-state index in [1.165, 1.54) is 12.5 Å². The van der Waals surface area contributed by atoms with Gasteiger partial charge in [-0.1, -0.05) is 18.5 Å². The van der Waals surface area contributed by atoms with Crippen LogP contribution in [0.1, 0.15) is 26.2 Å². The van der Waals surface area contributed by atoms with Crippen LogP contribution in [-0.4, -0.2) is 30.6 Å². The summed E-state index contributed by atoms with van der Waals surface area (Å²) in [5, 5.41) is 15.2. The quantitative estimate of drug-likeness (QED) is 0.647. The topological polar surface area (TPSA) is 58.4 Å². The second-order valence-electron chi connectivity index (χ2n) is 5.13. The Bertz CT molecular complexity index is 475. The maximum Gasteiger partial charge on any atom is 0.292 e. The molecule has 0 saturated carbocycles. The third kappa shape index (κ3) is 3.61. The van der Waals surface area contributed by atoms with Crippen molar-refractivity contribution in [3.63, 3.8) is 0 Å². The Labute approximate surface area is 124 Å². The number of nitrogens with zero attached hydrogens (tertiary/aromatic N) is 2. The minimum Gasteiger partial charge on any atom is -0.364 e. The lowest BCUT2D eigenvalue weighted by atomic mass is 10.1. The van der Waals surface area contributed by atoms with Crippen LogP contribution in [-0.2, 0) is 0 Å². The average molecular weight is 298 g/mol. The Morgan fingerprint density at radius 3 is 2.95 bits per heavy atom. The molecule has 0 spiro atoms. The molecule has 1 N–H and O–H groups in total. The summed E-state index contributed by atoms with van der Waals surface area (Å²) in [5.41, 5.74) is 0.749. The van der Waals surface area contributed by atoms with Gasteiger partial charge in [-0.3, -0.25) is 10.1 Å². The Kier molecular flexibility index (Phi) is 5.20. The normalized spacial score (nSPS) is 18.2. The van der Waals surface area contributed by atoms with Crippen molar-refractivity contribution in [1.82, 2.24) is 5.32 Å². The fourth-order valence-electron chi connectivity index (χ4n) is 2.66. The van der Waals surface area contributed by atoms with Gasteiger partial charge < -0.3 is 10.2 Å². The Balaban J connectivity index is 2.26. The van der Waals surface area contributed by atoms with Crippen molar-refractivity contribution in [2.75, 3.05) is 24.5 Å². The molecular weight excluding hydrogens is 278 g/mol. The zero-order valence-electron chi connectivity index (χ0n) is 11.6. The van der Waals surface area contributed by atoms with Gasteiger partial charge in [0.2, 0.25) is 0 Å². The van der Waals surface area contributed by atoms with E-state index in [1.54, 1.807) is 12.1 Å². The van der Waals surface area contributed by atoms with Crippen molar-refractivity contribution in [1.29, 1.82) is 0 Å². The molecule has 1 aromatic carbocycles. The molecule has 1 aliphatic heterocycles. The smallest absolute Gasteiger partial charge is 0.292 e. The van der Waals surface area contributed by atoms with E-state index in [1.807, 2.05) is 0 Å². The monoisotopic (exact) mass is 297 g/mol. The van der Waals surface area contributed by atoms with Gasteiger partial charge >= 0.3 is 0 Å². The second-order valence-corrected chi connectivity index (χ2v) is 5.57. The molecule has 1 aromatic rings. The Morgan fingerprint density at radius 1 is 1.55 bits per heavy atom. The molecule has 0 amide bonds. The molecule has 0 aliphatic carbocycles. The maximum absolute atomic E-state index is 11.2. The molecule has 0 aromatic heterocycles. The molecule has 0 bridgehead atoms. The van der Waals surface area contributed by atoms with Crippen LogP contribution in [0.25, 0.3) is 0 Å². The van der Waals surface area contributed by atoms with Crippen LogP contribution < -0.4 is 10.2 Å². The van der Waals surface area contributed by atoms with E-state index in [0.717, 1.165) is 32.5 Å². The summed E-state index contributed by atoms with van der Waals surface area (Å²) in [6, 6.07) is 5.16. The van der Waals surface area contributed by atoms with Gasteiger partial charge in [0, 0.05) is 30.2 Å². The third-order valence-electron chi connectivity index (χ3n) is 3.57. The number of nitro benzene ring substituents is 1. The lowest BCUT2D eigenvalue weighted by Gasteiger charge is -2.27. The Morgan fingerprint density at radius 2 is 2.35 bits per heavy atom. The van der Waals surface area contributed by atoms with Crippen molar-refractivity contribution in [2.45, 2.75) is 32.2 Å². The van der Waals surface area contributed by atoms with Crippen LogP contribution >= 0.6 is 11.6 Å². The van der Waals surface area contributed by atoms with E-state index >= 15 is 0 Å². The number of benzene rings is 1. The summed E-state index contributed by atoms with van der Waals surface area (Å²) in [6.07, 6.45) is 3.23. The molecule has 0 radical (unpaired) electrons. The number of nitro groups is 1. The fourth-order valence-corrected chi connectivity index (χ4v) is 2.83. The highest BCUT2D eigenvalue weighted by atomic mass is 35.5. The largest absolute Gasteiger partial charge is 0.364 e. The highest BCUT2D eigenvalue weighted by Crippen LogP contribution is 2.31. The van der Waals surface area contributed by atoms with Crippen LogP contribution in [0.5, 0.6) is 0 Å². The maximum atomic E-state index is 11.2. The molecule has 5 nitrogen and oxygen atoms in total. The van der Waals surface area contributed by atoms with E-state index < -0.39 is 0 Å². The highest BCUT2D eigenvalue weighted by Gasteiger charge is 2.23. The van der Waals surface area contributed by atoms with Crippen LogP contribution in [0.2, 0.25) is 5.02 Å². The highest BCUT2D eigenvalue weighted by molar-refractivity contribution is 6.31. The first-order valence-corrected chi connectivity index (χ1v) is 7.42. The van der Waals surface area contributed by atoms with Crippen molar-refractivity contribution >= 4 is 23.0 Å². The summed E-state index contributed by atoms with van der Waals surface area (Å²) in [5.74, 6) is 0. The van der Waals surface area contributed by atoms with Crippen LogP contribution in [0.4, 0.5) is 11.4 Å². The lowest BCUT2D eigenvalue weighted by molar-refractivity contribution is -0.384. The van der Waals surface area contributed by atoms with Gasteiger partial charge in [-0.15, -0.1) is 0 Å². The summed E-state index contributed by atoms with van der Waals surface area (Å²) in [7, 11) is 0. The van der Waals surface area contributed by atoms with Crippen LogP contribution in [0.15, 0.2) is 18.2 Å². The first kappa shape index (κ1) is 15.1. The average Bonchev–Trinajstić information content (AvgIpc) is 2.90. The molecule has 1 fully saturated rings. The number of hydrogen-bond acceptors (Lipinski definition) is 4. The first-order chi connectivity index (χ1) is 9.61. The molecular formula is C14H20ClN3O2. The first-order valence-electron chi connectivity index (χ1n) is 7.04. The molecule has 1 aliphatic rings. The SMILES string of the molecule is CCCN(CC1CCCN1)c1cc(Cl)ccc1[N+](=O)[O-]. The number of hydrogen-bond donors (Lipinski definition) is 1. The molecule has 1 atom stereocenters. The molecule has 110 valence electrons. The van der Waals surface area contributed by atoms with Gasteiger partial charge in [0.1, 0.15) is 5.69 Å². The van der Waals surface area contributed by atoms with Gasteiger partial charge in [-0.05, 0) is 37.9 Å². The number of halogens is 1. The minimum atomic E-state index is -0.337. The zero-order valence-corrected chi connectivity index (χ0v) is 12.4. The van der Waals surface area contributed by atoms with E-state index in [0.29, 0.717) is 16.8 Å². The van der Waals surface area contributed by atoms with E-state index in [9.17, 15) is 10.1 Å². The van der Waals surface area contributed by atoms with Crippen LogP contribution in [0.3, 0.4) is 0 Å². The molecule has 1 unspecified atom stereocenters. The predicted molar refractivity (Wildman–Crippen MR) is 81.6 cm³/mol. The van der Waals surface area contributed by atoms with E-state index in [2.05, 4.69) is 17.1 Å². The van der Waals surface area contributed by atoms with Crippen molar-refractivity contribution in [3.05, 3.63) is 33.3 Å². The lowest BCUT2D eigenvalue weighted by Crippen LogP contribution is -2.38. The predicted octanol–water partition coefficient (Wildman–Crippen LogP) is 3.22. The van der Waals surface area contributed by atoms with Crippen molar-refractivity contribution in [2.24, 2.45) is 0 Å². The third-order valence-corrected chi connectivity index (χ3v) is 3.81. The van der Waals surface area contributed by atoms with E-state index in [-0.39, 0.29) is 10.6 Å². The summed E-state index contributed by atoms with van der Waals surface area (Å²) >= 11 is 6.02. The molecule has 1 saturated heterocycles. The van der Waals surface area contributed by atoms with Crippen molar-refractivity contribution in [3.8, 4) is 0 Å². The number of nitrogens with one attached hydrogen (secondary N) is 1. The summed E-state index contributed by atoms with van der Waals surface area (Å²) in [6.45, 7) is 4.68. The Hall–Kier alpha value is -1.33. The minimum absolute atomic E-state index is 0.126. The molecule has 6 heteroatoms. The van der Waals surface area contributed by atoms with Gasteiger partial charge in [0.15, 0.2) is 0 Å². The molecule has 1 heterocycles. The zero-order chi connectivity index (χ0) is 14.5. The van der Waals surface area contributed by atoms with Gasteiger partial charge in [0.25, 0.3) is 5.69 Å². The number of anilines is 1. The van der Waals surface area contributed by atoms with Gasteiger partial charge in [-0.2, -0.15) is 0 Å². The fraction of sp³-hybridized carbons (Fsp3) is 0.571. The van der Waals surface area contributed by atoms with Crippen LogP contribution in [0, 0.1) is 10.1 Å². The van der Waals surface area contributed by atoms with Gasteiger partial charge in [0.05, 0.1) is 4.92 Å². The van der Waals surface area contributed by atoms with Gasteiger partial charge in [-0.25, -0.2) is 0 Å². The molecule has 20 heavy (non-hydrogen) atoms. The summed E-state index contributed by atoms with van der Waals surface area (Å²) in [4.78, 5) is 12.9. The second kappa shape index (κ2) is 6.90. The number of rotatable bonds is 6. The molecule has 2 rings (SSSR count). The standard InChI is InChI=1S/C14H20ClN3O2/c1-2-8-17(10-12-4-3-7-16-12)14-9-11(15)5-6-13(14)18(19)20/h5-6,9,12,16H,2-4,7-8,10H2,1H3. The summed E-state index contributed by atoms with van der Waals surface area (Å²) < 4.78 is 0.